The van der Waals surface area contributed by atoms with Crippen molar-refractivity contribution in [2.24, 2.45) is 0 Å². The lowest BCUT2D eigenvalue weighted by Crippen LogP contribution is -2.15. The van der Waals surface area contributed by atoms with Crippen LogP contribution in [0.2, 0.25) is 0 Å². The van der Waals surface area contributed by atoms with Crippen LogP contribution in [0.5, 0.6) is 5.88 Å². The van der Waals surface area contributed by atoms with E-state index in [-0.39, 0.29) is 23.2 Å². The third kappa shape index (κ3) is 5.22. The minimum atomic E-state index is -4.57. The Bertz CT molecular complexity index is 1340. The summed E-state index contributed by atoms with van der Waals surface area (Å²) in [6, 6.07) is 16.3. The zero-order valence-corrected chi connectivity index (χ0v) is 19.8. The van der Waals surface area contributed by atoms with Gasteiger partial charge in [-0.15, -0.1) is 0 Å². The molecule has 0 unspecified atom stereocenters. The van der Waals surface area contributed by atoms with Crippen molar-refractivity contribution in [3.63, 3.8) is 0 Å². The number of pyridine rings is 1. The summed E-state index contributed by atoms with van der Waals surface area (Å²) in [5, 5.41) is 10.6. The quantitative estimate of drug-likeness (QED) is 0.336. The fourth-order valence-corrected chi connectivity index (χ4v) is 3.74. The number of hydrogen-bond acceptors (Lipinski definition) is 4. The van der Waals surface area contributed by atoms with Crippen molar-refractivity contribution in [1.82, 2.24) is 14.5 Å². The van der Waals surface area contributed by atoms with Crippen LogP contribution in [0.4, 0.5) is 13.2 Å². The molecule has 0 bridgehead atoms. The SMILES string of the molecule is CC(C)Oc1ncccc1-c1cccc(-n2cc(C(C)(C)O)nc2-c2ccccc2C(F)(F)F)c1. The lowest BCUT2D eigenvalue weighted by atomic mass is 10.0. The Kier molecular flexibility index (Phi) is 6.42. The van der Waals surface area contributed by atoms with Crippen LogP contribution >= 0.6 is 0 Å². The van der Waals surface area contributed by atoms with Gasteiger partial charge in [0.25, 0.3) is 0 Å². The molecule has 5 nitrogen and oxygen atoms in total. The van der Waals surface area contributed by atoms with Crippen molar-refractivity contribution in [3.05, 3.63) is 84.3 Å². The maximum Gasteiger partial charge on any atom is 0.417 e. The summed E-state index contributed by atoms with van der Waals surface area (Å²) >= 11 is 0. The maximum absolute atomic E-state index is 13.8. The van der Waals surface area contributed by atoms with Crippen LogP contribution in [0.3, 0.4) is 0 Å². The zero-order chi connectivity index (χ0) is 25.4. The highest BCUT2D eigenvalue weighted by Gasteiger charge is 2.35. The van der Waals surface area contributed by atoms with Gasteiger partial charge in [0.05, 0.1) is 17.4 Å². The topological polar surface area (TPSA) is 60.2 Å². The van der Waals surface area contributed by atoms with Gasteiger partial charge in [0, 0.05) is 29.2 Å². The van der Waals surface area contributed by atoms with Crippen LogP contribution < -0.4 is 4.74 Å². The predicted octanol–water partition coefficient (Wildman–Crippen LogP) is 6.63. The molecule has 4 aromatic rings. The Hall–Kier alpha value is -3.65. The van der Waals surface area contributed by atoms with E-state index in [9.17, 15) is 18.3 Å². The summed E-state index contributed by atoms with van der Waals surface area (Å²) in [4.78, 5) is 8.78. The molecular weight excluding hydrogens is 455 g/mol. The van der Waals surface area contributed by atoms with Gasteiger partial charge in [-0.3, -0.25) is 4.57 Å². The minimum Gasteiger partial charge on any atom is -0.475 e. The number of benzene rings is 2. The number of aromatic nitrogens is 3. The number of hydrogen-bond donors (Lipinski definition) is 1. The molecule has 0 saturated heterocycles. The molecule has 0 aliphatic carbocycles. The Morgan fingerprint density at radius 3 is 2.34 bits per heavy atom. The number of rotatable bonds is 6. The fourth-order valence-electron chi connectivity index (χ4n) is 3.74. The second-order valence-electron chi connectivity index (χ2n) is 9.00. The molecule has 182 valence electrons. The molecule has 1 N–H and O–H groups in total. The van der Waals surface area contributed by atoms with Crippen molar-refractivity contribution in [1.29, 1.82) is 0 Å². The van der Waals surface area contributed by atoms with Gasteiger partial charge in [0.1, 0.15) is 11.4 Å². The Labute approximate surface area is 201 Å². The molecule has 35 heavy (non-hydrogen) atoms. The van der Waals surface area contributed by atoms with Crippen molar-refractivity contribution in [2.75, 3.05) is 0 Å². The van der Waals surface area contributed by atoms with Crippen LogP contribution in [0.1, 0.15) is 39.0 Å². The summed E-state index contributed by atoms with van der Waals surface area (Å²) in [5.74, 6) is 0.544. The Morgan fingerprint density at radius 2 is 1.66 bits per heavy atom. The fraction of sp³-hybridized carbons (Fsp3) is 0.259. The molecule has 0 atom stereocenters. The summed E-state index contributed by atoms with van der Waals surface area (Å²) in [7, 11) is 0. The molecule has 4 rings (SSSR count). The number of imidazole rings is 1. The normalized spacial score (nSPS) is 12.3. The summed E-state index contributed by atoms with van der Waals surface area (Å²) < 4.78 is 48.9. The molecular formula is C27H26F3N3O2. The minimum absolute atomic E-state index is 0.0777. The van der Waals surface area contributed by atoms with Crippen molar-refractivity contribution in [3.8, 4) is 34.1 Å². The molecule has 2 aromatic heterocycles. The molecule has 0 aliphatic rings. The van der Waals surface area contributed by atoms with E-state index in [1.807, 2.05) is 32.0 Å². The van der Waals surface area contributed by atoms with E-state index in [0.29, 0.717) is 11.6 Å². The molecule has 0 fully saturated rings. The van der Waals surface area contributed by atoms with E-state index in [4.69, 9.17) is 4.74 Å². The van der Waals surface area contributed by atoms with Gasteiger partial charge >= 0.3 is 6.18 Å². The van der Waals surface area contributed by atoms with Gasteiger partial charge in [0.2, 0.25) is 5.88 Å². The van der Waals surface area contributed by atoms with Crippen molar-refractivity contribution >= 4 is 0 Å². The van der Waals surface area contributed by atoms with Gasteiger partial charge in [-0.1, -0.05) is 30.3 Å². The molecule has 0 saturated carbocycles. The van der Waals surface area contributed by atoms with E-state index < -0.39 is 17.3 Å². The monoisotopic (exact) mass is 481 g/mol. The van der Waals surface area contributed by atoms with Gasteiger partial charge in [-0.25, -0.2) is 9.97 Å². The lowest BCUT2D eigenvalue weighted by molar-refractivity contribution is -0.137. The van der Waals surface area contributed by atoms with Gasteiger partial charge in [0.15, 0.2) is 0 Å². The first-order valence-electron chi connectivity index (χ1n) is 11.2. The third-order valence-corrected chi connectivity index (χ3v) is 5.36. The largest absolute Gasteiger partial charge is 0.475 e. The van der Waals surface area contributed by atoms with E-state index in [0.717, 1.165) is 17.2 Å². The molecule has 0 spiro atoms. The molecule has 2 aromatic carbocycles. The molecule has 8 heteroatoms. The van der Waals surface area contributed by atoms with Gasteiger partial charge in [-0.2, -0.15) is 13.2 Å². The number of alkyl halides is 3. The molecule has 2 heterocycles. The second-order valence-corrected chi connectivity index (χ2v) is 9.00. The van der Waals surface area contributed by atoms with E-state index in [2.05, 4.69) is 9.97 Å². The second kappa shape index (κ2) is 9.19. The lowest BCUT2D eigenvalue weighted by Gasteiger charge is -2.16. The van der Waals surface area contributed by atoms with Crippen LogP contribution in [0.15, 0.2) is 73.1 Å². The van der Waals surface area contributed by atoms with Crippen LogP contribution in [-0.2, 0) is 11.8 Å². The number of halogens is 3. The van der Waals surface area contributed by atoms with Crippen LogP contribution in [0.25, 0.3) is 28.2 Å². The highest BCUT2D eigenvalue weighted by atomic mass is 19.4. The van der Waals surface area contributed by atoms with Crippen molar-refractivity contribution in [2.45, 2.75) is 45.6 Å². The summed E-state index contributed by atoms with van der Waals surface area (Å²) in [5.41, 5.74) is 0.128. The van der Waals surface area contributed by atoms with E-state index >= 15 is 0 Å². The van der Waals surface area contributed by atoms with Crippen LogP contribution in [-0.4, -0.2) is 25.7 Å². The molecule has 0 aliphatic heterocycles. The zero-order valence-electron chi connectivity index (χ0n) is 19.8. The first-order chi connectivity index (χ1) is 16.4. The van der Waals surface area contributed by atoms with Gasteiger partial charge in [-0.05, 0) is 63.6 Å². The Morgan fingerprint density at radius 1 is 0.943 bits per heavy atom. The molecule has 0 radical (unpaired) electrons. The highest BCUT2D eigenvalue weighted by molar-refractivity contribution is 5.72. The predicted molar refractivity (Wildman–Crippen MR) is 128 cm³/mol. The highest BCUT2D eigenvalue weighted by Crippen LogP contribution is 2.39. The van der Waals surface area contributed by atoms with E-state index in [1.54, 1.807) is 49.0 Å². The maximum atomic E-state index is 13.8. The smallest absolute Gasteiger partial charge is 0.417 e. The van der Waals surface area contributed by atoms with Crippen LogP contribution in [0, 0.1) is 0 Å². The van der Waals surface area contributed by atoms with Gasteiger partial charge < -0.3 is 9.84 Å². The van der Waals surface area contributed by atoms with Crippen molar-refractivity contribution < 1.29 is 23.0 Å². The van der Waals surface area contributed by atoms with E-state index in [1.165, 1.54) is 18.2 Å². The summed E-state index contributed by atoms with van der Waals surface area (Å²) in [6.45, 7) is 6.90. The standard InChI is InChI=1S/C27H26F3N3O2/c1-17(2)35-25-20(12-8-14-31-25)18-9-7-10-19(15-18)33-16-23(26(3,4)34)32-24(33)21-11-5-6-13-22(21)27(28,29)30/h5-17,34H,1-4H3. The average Bonchev–Trinajstić information content (AvgIpc) is 3.25. The molecule has 0 amide bonds. The average molecular weight is 482 g/mol. The number of ether oxygens (including phenoxy) is 1. The first kappa shape index (κ1) is 24.5. The number of aliphatic hydroxyl groups is 1. The first-order valence-corrected chi connectivity index (χ1v) is 11.2. The third-order valence-electron chi connectivity index (χ3n) is 5.36. The number of nitrogens with zero attached hydrogens (tertiary/aromatic N) is 3. The Balaban J connectivity index is 1.91. The summed E-state index contributed by atoms with van der Waals surface area (Å²) in [6.07, 6.45) is -1.44.